The molecule has 0 saturated heterocycles. The van der Waals surface area contributed by atoms with E-state index in [4.69, 9.17) is 46.0 Å². The molecule has 0 rings (SSSR count). The molecule has 48 heavy (non-hydrogen) atoms. The topological polar surface area (TPSA) is 268 Å². The number of nitrogens with two attached hydrogens (primary N) is 2. The summed E-state index contributed by atoms with van der Waals surface area (Å²) in [6.45, 7) is 4.10. The molecule has 2 amide bonds. The number of aliphatic imine (C=N–C) groups is 1. The Balaban J connectivity index is -0.000000369. The lowest BCUT2D eigenvalue weighted by molar-refractivity contribution is -0.193. The summed E-state index contributed by atoms with van der Waals surface area (Å²) in [6.07, 6.45) is -7.64. The summed E-state index contributed by atoms with van der Waals surface area (Å²) in [5, 5.41) is 30.0. The number of carboxylic acids is 3. The summed E-state index contributed by atoms with van der Waals surface area (Å²) >= 11 is 0. The van der Waals surface area contributed by atoms with Gasteiger partial charge in [-0.05, 0) is 51.7 Å². The highest BCUT2D eigenvalue weighted by atomic mass is 19.4. The number of amides is 2. The lowest BCUT2D eigenvalue weighted by Gasteiger charge is -2.08. The number of aliphatic carboxylic acids is 3. The highest BCUT2D eigenvalue weighted by Crippen LogP contribution is 2.14. The molecule has 0 aromatic carbocycles. The van der Waals surface area contributed by atoms with Gasteiger partial charge in [0.25, 0.3) is 5.91 Å². The lowest BCUT2D eigenvalue weighted by atomic mass is 10.2. The van der Waals surface area contributed by atoms with Gasteiger partial charge >= 0.3 is 42.5 Å². The number of hydrazine groups is 1. The third-order valence-corrected chi connectivity index (χ3v) is 4.37. The highest BCUT2D eigenvalue weighted by Gasteiger charge is 2.39. The fraction of sp³-hybridized carbons (Fsp3) is 0.739. The predicted octanol–water partition coefficient (Wildman–Crippen LogP) is 1.50. The van der Waals surface area contributed by atoms with E-state index in [-0.39, 0.29) is 12.5 Å². The van der Waals surface area contributed by atoms with E-state index in [1.165, 1.54) is 6.34 Å². The maximum Gasteiger partial charge on any atom is 0.490 e. The second-order valence-corrected chi connectivity index (χ2v) is 8.48. The second kappa shape index (κ2) is 30.2. The molecule has 0 aromatic heterocycles. The summed E-state index contributed by atoms with van der Waals surface area (Å²) in [7, 11) is 0. The minimum Gasteiger partial charge on any atom is -0.475 e. The van der Waals surface area contributed by atoms with Gasteiger partial charge < -0.3 is 47.2 Å². The minimum absolute atomic E-state index is 0.257. The molecule has 0 spiro atoms. The number of carbonyl (C=O) groups is 5. The van der Waals surface area contributed by atoms with Crippen molar-refractivity contribution in [3.63, 3.8) is 0 Å². The first-order valence-electron chi connectivity index (χ1n) is 13.5. The van der Waals surface area contributed by atoms with Crippen molar-refractivity contribution < 1.29 is 83.5 Å². The number of alkyl halides is 9. The zero-order valence-electron chi connectivity index (χ0n) is 25.3. The van der Waals surface area contributed by atoms with Gasteiger partial charge in [-0.15, -0.1) is 0 Å². The van der Waals surface area contributed by atoms with E-state index in [2.05, 4.69) is 26.4 Å². The molecular weight excluding hydrogens is 689 g/mol. The van der Waals surface area contributed by atoms with Gasteiger partial charge in [0, 0.05) is 19.6 Å². The van der Waals surface area contributed by atoms with Crippen LogP contribution in [0, 0.1) is 0 Å². The molecule has 0 bridgehead atoms. The summed E-state index contributed by atoms with van der Waals surface area (Å²) in [4.78, 5) is 53.8. The first-order chi connectivity index (χ1) is 22.0. The minimum atomic E-state index is -5.08. The molecule has 0 fully saturated rings. The monoisotopic (exact) mass is 729 g/mol. The van der Waals surface area contributed by atoms with Crippen LogP contribution in [0.1, 0.15) is 44.9 Å². The van der Waals surface area contributed by atoms with Crippen LogP contribution in [0.15, 0.2) is 4.99 Å². The maximum atomic E-state index is 11.6. The third kappa shape index (κ3) is 44.0. The van der Waals surface area contributed by atoms with Gasteiger partial charge in [0.05, 0.1) is 6.34 Å². The van der Waals surface area contributed by atoms with Crippen LogP contribution in [-0.4, -0.2) is 116 Å². The van der Waals surface area contributed by atoms with Crippen LogP contribution in [0.4, 0.5) is 44.3 Å². The number of unbranched alkanes of at least 4 members (excludes halogenated alkanes) is 4. The number of nitrogens with zero attached hydrogens (tertiary/aromatic N) is 1. The summed E-state index contributed by atoms with van der Waals surface area (Å²) in [5.41, 5.74) is 7.75. The summed E-state index contributed by atoms with van der Waals surface area (Å²) in [5.74, 6) is -3.50. The van der Waals surface area contributed by atoms with Crippen LogP contribution in [-0.2, 0) is 23.9 Å². The van der Waals surface area contributed by atoms with Crippen LogP contribution in [0.2, 0.25) is 0 Å². The molecular formula is C23H40F9N7O9. The largest absolute Gasteiger partial charge is 0.490 e. The first kappa shape index (κ1) is 50.7. The Morgan fingerprint density at radius 1 is 0.646 bits per heavy atom. The number of carbonyl (C=O) groups excluding carboxylic acids is 2. The first-order valence-corrected chi connectivity index (χ1v) is 13.5. The van der Waals surface area contributed by atoms with Crippen molar-refractivity contribution in [2.75, 3.05) is 45.9 Å². The average Bonchev–Trinajstić information content (AvgIpc) is 2.96. The molecule has 25 heteroatoms. The standard InChI is InChI=1S/C17H37N7O3.3C2HF3O2/c18-8-7-11-20-9-5-6-13-23-17(26)27-14-16(25)22-12-4-2-1-3-10-21-15-24-19;3*3-2(4,5)1(6)7/h15,20H,1-14,18-19H2,(H,21,24)(H,22,25)(H,23,26);3*(H,6,7). The van der Waals surface area contributed by atoms with Crippen molar-refractivity contribution in [3.05, 3.63) is 0 Å². The Hall–Kier alpha value is -4.13. The quantitative estimate of drug-likeness (QED) is 0.0242. The van der Waals surface area contributed by atoms with E-state index < -0.39 is 42.5 Å². The van der Waals surface area contributed by atoms with Gasteiger partial charge in [0.2, 0.25) is 0 Å². The van der Waals surface area contributed by atoms with Crippen LogP contribution in [0.5, 0.6) is 0 Å². The zero-order valence-corrected chi connectivity index (χ0v) is 25.3. The van der Waals surface area contributed by atoms with Crippen molar-refractivity contribution in [3.8, 4) is 0 Å². The van der Waals surface area contributed by atoms with Crippen molar-refractivity contribution in [2.24, 2.45) is 16.6 Å². The van der Waals surface area contributed by atoms with Crippen molar-refractivity contribution in [1.29, 1.82) is 0 Å². The number of carboxylic acid groups (broad SMARTS) is 3. The molecule has 0 unspecified atom stereocenters. The predicted molar refractivity (Wildman–Crippen MR) is 148 cm³/mol. The zero-order chi connectivity index (χ0) is 38.2. The van der Waals surface area contributed by atoms with E-state index in [0.29, 0.717) is 19.6 Å². The molecule has 0 radical (unpaired) electrons. The van der Waals surface area contributed by atoms with E-state index in [1.807, 2.05) is 0 Å². The van der Waals surface area contributed by atoms with Crippen LogP contribution >= 0.6 is 0 Å². The van der Waals surface area contributed by atoms with E-state index >= 15 is 0 Å². The average molecular weight is 730 g/mol. The molecule has 0 aromatic rings. The van der Waals surface area contributed by atoms with Crippen molar-refractivity contribution in [2.45, 2.75) is 63.5 Å². The molecule has 0 heterocycles. The van der Waals surface area contributed by atoms with Crippen LogP contribution in [0.25, 0.3) is 0 Å². The number of alkyl carbamates (subject to hydrolysis) is 1. The fourth-order valence-corrected chi connectivity index (χ4v) is 2.18. The van der Waals surface area contributed by atoms with Crippen molar-refractivity contribution >= 4 is 36.2 Å². The molecule has 16 nitrogen and oxygen atoms in total. The Kier molecular flexibility index (Phi) is 31.9. The van der Waals surface area contributed by atoms with Gasteiger partial charge in [-0.2, -0.15) is 39.5 Å². The highest BCUT2D eigenvalue weighted by molar-refractivity contribution is 5.80. The second-order valence-electron chi connectivity index (χ2n) is 8.48. The van der Waals surface area contributed by atoms with Gasteiger partial charge in [-0.25, -0.2) is 25.0 Å². The van der Waals surface area contributed by atoms with Gasteiger partial charge in [0.15, 0.2) is 6.61 Å². The maximum absolute atomic E-state index is 11.6. The molecule has 0 aliphatic carbocycles. The molecule has 0 aliphatic heterocycles. The normalized spacial score (nSPS) is 11.0. The molecule has 11 N–H and O–H groups in total. The number of hydrogen-bond acceptors (Lipinski definition) is 10. The van der Waals surface area contributed by atoms with E-state index in [1.54, 1.807) is 0 Å². The number of hydrogen-bond donors (Lipinski definition) is 9. The summed E-state index contributed by atoms with van der Waals surface area (Å²) < 4.78 is 100. The number of rotatable bonds is 18. The number of ether oxygens (including phenoxy) is 1. The van der Waals surface area contributed by atoms with Crippen LogP contribution in [0.3, 0.4) is 0 Å². The van der Waals surface area contributed by atoms with Gasteiger partial charge in [-0.3, -0.25) is 9.79 Å². The third-order valence-electron chi connectivity index (χ3n) is 4.37. The van der Waals surface area contributed by atoms with E-state index in [0.717, 1.165) is 64.6 Å². The van der Waals surface area contributed by atoms with E-state index in [9.17, 15) is 49.1 Å². The number of halogens is 9. The molecule has 0 aliphatic rings. The van der Waals surface area contributed by atoms with Crippen LogP contribution < -0.4 is 33.0 Å². The fourth-order valence-electron chi connectivity index (χ4n) is 2.18. The van der Waals surface area contributed by atoms with Gasteiger partial charge in [-0.1, -0.05) is 12.8 Å². The van der Waals surface area contributed by atoms with Gasteiger partial charge in [0.1, 0.15) is 0 Å². The number of nitrogens with one attached hydrogen (secondary N) is 4. The van der Waals surface area contributed by atoms with Crippen molar-refractivity contribution in [1.82, 2.24) is 21.4 Å². The summed E-state index contributed by atoms with van der Waals surface area (Å²) in [6, 6.07) is 0. The molecule has 284 valence electrons. The smallest absolute Gasteiger partial charge is 0.475 e. The Bertz CT molecular complexity index is 866. The Labute approximate surface area is 267 Å². The molecule has 0 saturated carbocycles. The Morgan fingerprint density at radius 3 is 1.48 bits per heavy atom. The lowest BCUT2D eigenvalue weighted by Crippen LogP contribution is -2.33. The molecule has 0 atom stereocenters. The SMILES string of the molecule is NCCCNCCCCNC(=O)OCC(=O)NCCCCCCN=CNN.O=C(O)C(F)(F)F.O=C(O)C(F)(F)F.O=C(O)C(F)(F)F. The Morgan fingerprint density at radius 2 is 1.04 bits per heavy atom.